The number of methoxy groups -OCH3 is 2. The lowest BCUT2D eigenvalue weighted by Crippen LogP contribution is -2.59. The largest absolute Gasteiger partial charge is 0.379 e. The summed E-state index contributed by atoms with van der Waals surface area (Å²) in [5.41, 5.74) is 3.82. The molecule has 7 amide bonds. The molecule has 0 spiro atoms. The molecule has 2 fully saturated rings. The molecule has 2 heterocycles. The van der Waals surface area contributed by atoms with Gasteiger partial charge in [-0.2, -0.15) is 5.10 Å². The highest BCUT2D eigenvalue weighted by molar-refractivity contribution is 6.06. The maximum absolute atomic E-state index is 14.4. The van der Waals surface area contributed by atoms with Gasteiger partial charge >= 0.3 is 0 Å². The first kappa shape index (κ1) is 60.4. The van der Waals surface area contributed by atoms with Gasteiger partial charge in [0.25, 0.3) is 0 Å². The Labute approximate surface area is 413 Å². The number of rotatable bonds is 27. The number of hydrogen-bond donors (Lipinski definition) is 3. The number of benzene rings is 1. The first-order chi connectivity index (χ1) is 32.1. The number of hydrogen-bond acceptors (Lipinski definition) is 11. The van der Waals surface area contributed by atoms with E-state index in [2.05, 4.69) is 21.2 Å². The molecule has 0 aliphatic carbocycles. The van der Waals surface area contributed by atoms with Crippen LogP contribution in [-0.4, -0.2) is 158 Å². The van der Waals surface area contributed by atoms with E-state index in [9.17, 15) is 33.6 Å². The second kappa shape index (κ2) is 28.8. The zero-order valence-electron chi connectivity index (χ0n) is 43.5. The highest BCUT2D eigenvalue weighted by Gasteiger charge is 2.43. The number of unbranched alkanes of at least 4 members (excludes halogenated alkanes) is 2. The van der Waals surface area contributed by atoms with E-state index in [1.807, 2.05) is 90.9 Å². The van der Waals surface area contributed by atoms with E-state index in [-0.39, 0.29) is 91.7 Å². The molecule has 0 saturated carbocycles. The number of likely N-dealkylation sites (tertiary alicyclic amines) is 2. The fourth-order valence-electron chi connectivity index (χ4n) is 9.84. The molecule has 2 aliphatic rings. The quantitative estimate of drug-likeness (QED) is 0.0453. The maximum Gasteiger partial charge on any atom is 0.245 e. The number of nitrogens with one attached hydrogen (secondary N) is 3. The summed E-state index contributed by atoms with van der Waals surface area (Å²) in [6, 6.07) is 6.52. The normalized spacial score (nSPS) is 19.9. The number of carbonyl (C=O) groups is 7. The summed E-state index contributed by atoms with van der Waals surface area (Å²) in [5, 5.41) is 10.6. The summed E-state index contributed by atoms with van der Waals surface area (Å²) in [6.07, 6.45) is 2.98. The predicted molar refractivity (Wildman–Crippen MR) is 270 cm³/mol. The van der Waals surface area contributed by atoms with Crippen molar-refractivity contribution in [1.82, 2.24) is 35.7 Å². The highest BCUT2D eigenvalue weighted by atomic mass is 16.5. The summed E-state index contributed by atoms with van der Waals surface area (Å²) in [4.78, 5) is 100. The molecule has 0 radical (unpaired) electrons. The van der Waals surface area contributed by atoms with Crippen LogP contribution in [0, 0.1) is 29.6 Å². The first-order valence-corrected chi connectivity index (χ1v) is 24.8. The molecule has 1 unspecified atom stereocenters. The Hall–Kier alpha value is -4.74. The van der Waals surface area contributed by atoms with Crippen molar-refractivity contribution in [1.29, 1.82) is 0 Å². The predicted octanol–water partition coefficient (Wildman–Crippen LogP) is 5.25. The van der Waals surface area contributed by atoms with Crippen LogP contribution < -0.4 is 16.1 Å². The second-order valence-corrected chi connectivity index (χ2v) is 19.9. The van der Waals surface area contributed by atoms with Gasteiger partial charge in [0, 0.05) is 53.1 Å². The molecule has 0 aromatic heterocycles. The van der Waals surface area contributed by atoms with E-state index in [4.69, 9.17) is 9.47 Å². The minimum Gasteiger partial charge on any atom is -0.379 e. The number of ether oxygens (including phenoxy) is 2. The van der Waals surface area contributed by atoms with E-state index >= 15 is 0 Å². The Morgan fingerprint density at radius 2 is 1.52 bits per heavy atom. The van der Waals surface area contributed by atoms with Gasteiger partial charge in [-0.3, -0.25) is 43.4 Å². The van der Waals surface area contributed by atoms with Crippen molar-refractivity contribution in [2.24, 2.45) is 34.7 Å². The lowest BCUT2D eigenvalue weighted by Gasteiger charge is -2.41. The lowest BCUT2D eigenvalue weighted by molar-refractivity contribution is -0.148. The van der Waals surface area contributed by atoms with Crippen molar-refractivity contribution >= 4 is 47.1 Å². The van der Waals surface area contributed by atoms with Gasteiger partial charge < -0.3 is 29.9 Å². The van der Waals surface area contributed by atoms with Gasteiger partial charge in [0.1, 0.15) is 6.04 Å². The molecule has 69 heavy (non-hydrogen) atoms. The minimum atomic E-state index is -0.789. The van der Waals surface area contributed by atoms with Crippen molar-refractivity contribution in [3.05, 3.63) is 35.9 Å². The molecule has 390 valence electrons. The second-order valence-electron chi connectivity index (χ2n) is 19.9. The molecule has 2 saturated heterocycles. The van der Waals surface area contributed by atoms with Gasteiger partial charge in [-0.1, -0.05) is 106 Å². The van der Waals surface area contributed by atoms with Gasteiger partial charge in [0.15, 0.2) is 0 Å². The van der Waals surface area contributed by atoms with Gasteiger partial charge in [0.2, 0.25) is 41.4 Å². The molecular weight excluding hydrogens is 881 g/mol. The van der Waals surface area contributed by atoms with Gasteiger partial charge in [-0.25, -0.2) is 5.43 Å². The van der Waals surface area contributed by atoms with E-state index < -0.39 is 48.3 Å². The molecule has 3 rings (SSSR count). The number of hydrazone groups is 1. The number of amides is 7. The van der Waals surface area contributed by atoms with Crippen molar-refractivity contribution < 1.29 is 43.0 Å². The molecule has 1 aromatic carbocycles. The van der Waals surface area contributed by atoms with Crippen LogP contribution in [0.15, 0.2) is 35.4 Å². The summed E-state index contributed by atoms with van der Waals surface area (Å²) in [7, 11) is 8.52. The topological polar surface area (TPSA) is 199 Å². The van der Waals surface area contributed by atoms with Gasteiger partial charge in [-0.15, -0.1) is 0 Å². The van der Waals surface area contributed by atoms with E-state index in [1.165, 1.54) is 4.90 Å². The molecule has 3 N–H and O–H groups in total. The Balaban J connectivity index is 0.0000163. The average Bonchev–Trinajstić information content (AvgIpc) is 3.87. The molecule has 17 heteroatoms. The van der Waals surface area contributed by atoms with Gasteiger partial charge in [0.05, 0.1) is 54.4 Å². The third-order valence-electron chi connectivity index (χ3n) is 13.8. The fraction of sp³-hybridized carbons (Fsp3) is 0.731. The number of imide groups is 1. The van der Waals surface area contributed by atoms with Crippen LogP contribution in [0.4, 0.5) is 0 Å². The maximum atomic E-state index is 14.4. The number of nitrogens with zero attached hydrogens (tertiary/aromatic N) is 5. The fourth-order valence-corrected chi connectivity index (χ4v) is 9.84. The first-order valence-electron chi connectivity index (χ1n) is 24.8. The van der Waals surface area contributed by atoms with Crippen LogP contribution >= 0.6 is 0 Å². The SMILES string of the molecule is C.CC[C@H](C)[C@@H]([C@@H](CC(=O)N1CCC[C@H]1[C@H](OC)[C@@H](C)C(=O)N[C@H](C)/C(=N/NC(=O)CCCCCN1C(=O)CC(C)C1=O)c1ccccc1)OC)N(C)C(=O)[C@@H](NC(=O)[C@H](C(C)C)N(C)C)C(C)C. The average molecular weight is 969 g/mol. The molecule has 0 bridgehead atoms. The van der Waals surface area contributed by atoms with Gasteiger partial charge in [-0.05, 0) is 70.0 Å². The van der Waals surface area contributed by atoms with Crippen LogP contribution in [0.1, 0.15) is 133 Å². The third-order valence-corrected chi connectivity index (χ3v) is 13.8. The lowest BCUT2D eigenvalue weighted by atomic mass is 9.89. The zero-order chi connectivity index (χ0) is 51.0. The highest BCUT2D eigenvalue weighted by Crippen LogP contribution is 2.30. The molecule has 1 aromatic rings. The smallest absolute Gasteiger partial charge is 0.245 e. The van der Waals surface area contributed by atoms with E-state index in [0.717, 1.165) is 0 Å². The summed E-state index contributed by atoms with van der Waals surface area (Å²) < 4.78 is 12.1. The van der Waals surface area contributed by atoms with Crippen LogP contribution in [0.25, 0.3) is 0 Å². The zero-order valence-corrected chi connectivity index (χ0v) is 43.5. The van der Waals surface area contributed by atoms with Crippen molar-refractivity contribution in [3.63, 3.8) is 0 Å². The number of likely N-dealkylation sites (N-methyl/N-ethyl adjacent to an activating group) is 2. The van der Waals surface area contributed by atoms with Crippen molar-refractivity contribution in [2.45, 2.75) is 170 Å². The van der Waals surface area contributed by atoms with Crippen LogP contribution in [0.5, 0.6) is 0 Å². The monoisotopic (exact) mass is 969 g/mol. The Kier molecular flexibility index (Phi) is 25.2. The van der Waals surface area contributed by atoms with Crippen LogP contribution in [0.3, 0.4) is 0 Å². The Bertz CT molecular complexity index is 1870. The van der Waals surface area contributed by atoms with Crippen LogP contribution in [0.2, 0.25) is 0 Å². The minimum absolute atomic E-state index is 0. The van der Waals surface area contributed by atoms with Crippen molar-refractivity contribution in [2.75, 3.05) is 48.5 Å². The molecule has 17 nitrogen and oxygen atoms in total. The molecule has 2 aliphatic heterocycles. The summed E-state index contributed by atoms with van der Waals surface area (Å²) >= 11 is 0. The summed E-state index contributed by atoms with van der Waals surface area (Å²) in [5.74, 6) is -2.74. The van der Waals surface area contributed by atoms with Crippen LogP contribution in [-0.2, 0) is 43.0 Å². The van der Waals surface area contributed by atoms with Crippen molar-refractivity contribution in [3.8, 4) is 0 Å². The van der Waals surface area contributed by atoms with E-state index in [0.29, 0.717) is 62.9 Å². The van der Waals surface area contributed by atoms with E-state index in [1.54, 1.807) is 51.8 Å². The molecule has 10 atom stereocenters. The molecular formula is C52H88N8O9. The number of carbonyl (C=O) groups excluding carboxylic acids is 7. The standard InChI is InChI=1S/C51H84N8O9.CH4/c1-15-33(6)46(57(12)51(66)43(31(2)3)53-49(64)45(32(4)5)56(10)11)39(67-13)30-42(62)58-28-22-25-38(58)47(68-14)35(8)48(63)52-36(9)44(37-23-18-16-19-24-37)55-54-40(60)26-20-17-21-27-59-41(61)29-34(7)50(59)65;/h16,18-19,23-24,31-36,38-39,43,45-47H,15,17,20-22,25-30H2,1-14H3,(H,52,63)(H,53,64)(H,54,60);1H4/b55-44-;/t33-,34?,35+,36+,38-,39+,43-,45-,46-,47+;/m0./s1. The Morgan fingerprint density at radius 3 is 2.06 bits per heavy atom. The third kappa shape index (κ3) is 16.4. The summed E-state index contributed by atoms with van der Waals surface area (Å²) in [6.45, 7) is 18.0. The Morgan fingerprint density at radius 1 is 0.870 bits per heavy atom.